The van der Waals surface area contributed by atoms with Crippen LogP contribution in [0.4, 0.5) is 0 Å². The number of hydrogen-bond donors (Lipinski definition) is 0. The van der Waals surface area contributed by atoms with Crippen LogP contribution in [0.5, 0.6) is 0 Å². The summed E-state index contributed by atoms with van der Waals surface area (Å²) in [6, 6.07) is 0. The molecule has 0 atom stereocenters. The summed E-state index contributed by atoms with van der Waals surface area (Å²) in [7, 11) is 0. The molecule has 0 amide bonds. The van der Waals surface area contributed by atoms with Crippen molar-refractivity contribution in [3.63, 3.8) is 0 Å². The van der Waals surface area contributed by atoms with Crippen LogP contribution in [0.25, 0.3) is 0 Å². The Morgan fingerprint density at radius 2 is 1.00 bits per heavy atom. The third-order valence-corrected chi connectivity index (χ3v) is 0. The van der Waals surface area contributed by atoms with Gasteiger partial charge in [-0.2, -0.15) is 0 Å². The molecule has 0 spiro atoms. The van der Waals surface area contributed by atoms with E-state index in [0.29, 0.717) is 0 Å². The zero-order chi connectivity index (χ0) is 0. The first-order valence-corrected chi connectivity index (χ1v) is 0. The Morgan fingerprint density at radius 1 is 1.00 bits per heavy atom. The fourth-order valence-electron chi connectivity index (χ4n) is 0. The summed E-state index contributed by atoms with van der Waals surface area (Å²) in [4.78, 5) is 0. The molecule has 0 aliphatic heterocycles. The average molecular weight is 138 g/mol. The van der Waals surface area contributed by atoms with Crippen LogP contribution in [-0.4, -0.2) is 18.9 Å². The van der Waals surface area contributed by atoms with E-state index in [1.165, 1.54) is 0 Å². The summed E-state index contributed by atoms with van der Waals surface area (Å²) in [5.74, 6) is 0. The number of hydrogen-bond acceptors (Lipinski definition) is 0. The summed E-state index contributed by atoms with van der Waals surface area (Å²) in [5.41, 5.74) is 0. The Hall–Kier alpha value is 1.58. The molecule has 0 aromatic rings. The molecule has 1 nitrogen and oxygen atoms in total. The minimum Gasteiger partial charge on any atom is -2.00 e. The van der Waals surface area contributed by atoms with Crippen molar-refractivity contribution in [3.8, 4) is 0 Å². The van der Waals surface area contributed by atoms with Crippen molar-refractivity contribution in [2.45, 2.75) is 0 Å². The van der Waals surface area contributed by atoms with E-state index in [0.717, 1.165) is 0 Å². The van der Waals surface area contributed by atoms with Gasteiger partial charge in [0.25, 0.3) is 0 Å². The van der Waals surface area contributed by atoms with Gasteiger partial charge in [-0.3, -0.25) is 0 Å². The molecule has 0 bridgehead atoms. The van der Waals surface area contributed by atoms with Gasteiger partial charge in [0.05, 0.1) is 0 Å². The quantitative estimate of drug-likeness (QED) is 0.393. The van der Waals surface area contributed by atoms with Crippen LogP contribution in [0.3, 0.4) is 0 Å². The number of rotatable bonds is 0. The molecule has 4 heteroatoms. The Kier molecular flexibility index (Phi) is 275. The van der Waals surface area contributed by atoms with Crippen LogP contribution < -0.4 is 0 Å². The van der Waals surface area contributed by atoms with Crippen LogP contribution in [0.1, 0.15) is 0 Å². The smallest absolute Gasteiger partial charge is 2.00 e. The average Bonchev–Trinajstić information content (AvgIpc) is 0. The van der Waals surface area contributed by atoms with Gasteiger partial charge in [-0.15, -0.1) is 0 Å². The molecule has 4 heavy (non-hydrogen) atoms. The Morgan fingerprint density at radius 3 is 1.00 bits per heavy atom. The molecule has 0 aromatic carbocycles. The zero-order valence-electron chi connectivity index (χ0n) is 1.12. The molecule has 0 rings (SSSR count). The van der Waals surface area contributed by atoms with Crippen molar-refractivity contribution in [1.29, 1.82) is 0 Å². The van der Waals surface area contributed by atoms with E-state index in [1.54, 1.807) is 0 Å². The van der Waals surface area contributed by atoms with Crippen molar-refractivity contribution in [2.75, 3.05) is 0 Å². The maximum Gasteiger partial charge on any atom is 2.00 e. The van der Waals surface area contributed by atoms with E-state index in [4.69, 9.17) is 0 Å². The predicted octanol–water partition coefficient (Wildman–Crippen LogP) is -0.772. The van der Waals surface area contributed by atoms with Crippen molar-refractivity contribution in [2.24, 2.45) is 0 Å². The third kappa shape index (κ3) is 9.54. The second kappa shape index (κ2) is 23.5. The predicted molar refractivity (Wildman–Crippen MR) is 7.84 cm³/mol. The van der Waals surface area contributed by atoms with Crippen LogP contribution in [0, 0.1) is 0 Å². The molecule has 0 unspecified atom stereocenters. The maximum absolute atomic E-state index is 0. The monoisotopic (exact) mass is 138 g/mol. The Labute approximate surface area is 58.1 Å². The van der Waals surface area contributed by atoms with Crippen molar-refractivity contribution >= 4 is 18.9 Å². The van der Waals surface area contributed by atoms with Crippen molar-refractivity contribution < 1.29 is 39.3 Å². The van der Waals surface area contributed by atoms with Crippen LogP contribution in [-0.2, 0) is 39.3 Å². The second-order valence-corrected chi connectivity index (χ2v) is 0. The van der Waals surface area contributed by atoms with Gasteiger partial charge in [0.1, 0.15) is 0 Å². The standard InChI is InChI=1S/Co.Li.Mn.O.H/q;;+2;-2;. The molecular weight excluding hydrogens is 137 g/mol. The van der Waals surface area contributed by atoms with Gasteiger partial charge >= 0.3 is 35.9 Å². The summed E-state index contributed by atoms with van der Waals surface area (Å²) >= 11 is 0. The molecule has 0 fully saturated rings. The van der Waals surface area contributed by atoms with Gasteiger partial charge in [-0.1, -0.05) is 0 Å². The van der Waals surface area contributed by atoms with E-state index in [1.807, 2.05) is 0 Å². The minimum atomic E-state index is 0. The first kappa shape index (κ1) is 46.8. The van der Waals surface area contributed by atoms with E-state index < -0.39 is 0 Å². The largest absolute Gasteiger partial charge is 2.00 e. The van der Waals surface area contributed by atoms with Gasteiger partial charge in [0, 0.05) is 16.8 Å². The first-order valence-electron chi connectivity index (χ1n) is 0. The normalized spacial score (nSPS) is 0. The van der Waals surface area contributed by atoms with E-state index in [9.17, 15) is 0 Å². The molecule has 0 aliphatic rings. The Bertz CT molecular complexity index is 8.00. The molecular formula is HCoLiMnO. The van der Waals surface area contributed by atoms with E-state index in [2.05, 4.69) is 0 Å². The molecule has 2 radical (unpaired) electrons. The third-order valence-electron chi connectivity index (χ3n) is 0. The summed E-state index contributed by atoms with van der Waals surface area (Å²) < 4.78 is 0. The molecule has 0 aromatic heterocycles. The summed E-state index contributed by atoms with van der Waals surface area (Å²) in [6.45, 7) is 0. The minimum absolute atomic E-state index is 0. The van der Waals surface area contributed by atoms with E-state index in [-0.39, 0.29) is 58.2 Å². The summed E-state index contributed by atoms with van der Waals surface area (Å²) in [5, 5.41) is 0. The van der Waals surface area contributed by atoms with E-state index >= 15 is 0 Å². The second-order valence-electron chi connectivity index (χ2n) is 0. The van der Waals surface area contributed by atoms with Crippen molar-refractivity contribution in [3.05, 3.63) is 0 Å². The van der Waals surface area contributed by atoms with Crippen LogP contribution in [0.2, 0.25) is 0 Å². The van der Waals surface area contributed by atoms with Gasteiger partial charge in [-0.05, 0) is 0 Å². The maximum atomic E-state index is 0. The molecule has 0 aliphatic carbocycles. The fraction of sp³-hybridized carbons (Fsp3) is 0. The zero-order valence-corrected chi connectivity index (χ0v) is 3.34. The van der Waals surface area contributed by atoms with Crippen LogP contribution in [0.15, 0.2) is 0 Å². The topological polar surface area (TPSA) is 28.5 Å². The molecule has 0 saturated carbocycles. The first-order chi connectivity index (χ1) is 0. The van der Waals surface area contributed by atoms with Crippen molar-refractivity contribution in [1.82, 2.24) is 0 Å². The van der Waals surface area contributed by atoms with Gasteiger partial charge in [0.15, 0.2) is 0 Å². The molecule has 0 saturated heterocycles. The Balaban J connectivity index is 0. The SMILES string of the molecule is [Co].[LiH].[Mn+2].[O-2]. The van der Waals surface area contributed by atoms with Gasteiger partial charge in [0.2, 0.25) is 0 Å². The molecule has 0 heterocycles. The molecule has 0 N–H and O–H groups in total. The fourth-order valence-corrected chi connectivity index (χ4v) is 0. The molecule has 24 valence electrons. The van der Waals surface area contributed by atoms with Crippen LogP contribution >= 0.6 is 0 Å². The van der Waals surface area contributed by atoms with Gasteiger partial charge < -0.3 is 5.48 Å². The van der Waals surface area contributed by atoms with Gasteiger partial charge in [-0.25, -0.2) is 0 Å². The summed E-state index contributed by atoms with van der Waals surface area (Å²) in [6.07, 6.45) is 0.